The number of hydrogen-bond acceptors (Lipinski definition) is 5. The Morgan fingerprint density at radius 2 is 1.88 bits per heavy atom. The Morgan fingerprint density at radius 3 is 2.62 bits per heavy atom. The predicted octanol–water partition coefficient (Wildman–Crippen LogP) is 3.31. The molecular formula is C21H20N2O3. The molecule has 0 unspecified atom stereocenters. The Morgan fingerprint density at radius 1 is 1.12 bits per heavy atom. The summed E-state index contributed by atoms with van der Waals surface area (Å²) >= 11 is 0. The molecule has 0 amide bonds. The standard InChI is InChI=1S/C21H20N2O3/c1-25-16-7-8-19-17(13-16)20(23-9-11-26-12-10-23)18(14-22-19)21(24)15-5-3-2-4-6-15/h2-8,13-14H,9-12H2,1H3. The first-order valence-electron chi connectivity index (χ1n) is 8.67. The number of morpholine rings is 1. The number of rotatable bonds is 4. The summed E-state index contributed by atoms with van der Waals surface area (Å²) in [5.41, 5.74) is 3.02. The molecule has 1 fully saturated rings. The third-order valence-corrected chi connectivity index (χ3v) is 4.65. The van der Waals surface area contributed by atoms with Crippen molar-refractivity contribution in [2.45, 2.75) is 0 Å². The number of ether oxygens (including phenoxy) is 2. The zero-order valence-corrected chi connectivity index (χ0v) is 14.6. The molecule has 0 spiro atoms. The van der Waals surface area contributed by atoms with E-state index in [-0.39, 0.29) is 5.78 Å². The van der Waals surface area contributed by atoms with Crippen LogP contribution in [-0.2, 0) is 4.74 Å². The van der Waals surface area contributed by atoms with E-state index in [4.69, 9.17) is 9.47 Å². The zero-order valence-electron chi connectivity index (χ0n) is 14.6. The minimum atomic E-state index is -0.0238. The molecular weight excluding hydrogens is 328 g/mol. The van der Waals surface area contributed by atoms with E-state index in [0.717, 1.165) is 35.4 Å². The second-order valence-electron chi connectivity index (χ2n) is 6.20. The second kappa shape index (κ2) is 7.14. The lowest BCUT2D eigenvalue weighted by molar-refractivity contribution is 0.103. The summed E-state index contributed by atoms with van der Waals surface area (Å²) in [6.45, 7) is 2.77. The lowest BCUT2D eigenvalue weighted by atomic mass is 9.99. The van der Waals surface area contributed by atoms with E-state index >= 15 is 0 Å². The highest BCUT2D eigenvalue weighted by atomic mass is 16.5. The average Bonchev–Trinajstić information content (AvgIpc) is 2.73. The van der Waals surface area contributed by atoms with E-state index in [1.165, 1.54) is 0 Å². The lowest BCUT2D eigenvalue weighted by Crippen LogP contribution is -2.37. The van der Waals surface area contributed by atoms with E-state index < -0.39 is 0 Å². The number of ketones is 1. The molecule has 0 N–H and O–H groups in total. The molecule has 0 atom stereocenters. The average molecular weight is 348 g/mol. The summed E-state index contributed by atoms with van der Waals surface area (Å²) in [6, 6.07) is 15.1. The van der Waals surface area contributed by atoms with Crippen LogP contribution in [0, 0.1) is 0 Å². The van der Waals surface area contributed by atoms with Gasteiger partial charge in [-0.1, -0.05) is 30.3 Å². The SMILES string of the molecule is COc1ccc2ncc(C(=O)c3ccccc3)c(N3CCOCC3)c2c1. The summed E-state index contributed by atoms with van der Waals surface area (Å²) in [4.78, 5) is 19.9. The van der Waals surface area contributed by atoms with Crippen LogP contribution in [0.5, 0.6) is 5.75 Å². The molecule has 3 aromatic rings. The van der Waals surface area contributed by atoms with Crippen LogP contribution in [0.4, 0.5) is 5.69 Å². The van der Waals surface area contributed by atoms with Gasteiger partial charge in [0, 0.05) is 30.2 Å². The van der Waals surface area contributed by atoms with Crippen LogP contribution in [-0.4, -0.2) is 44.2 Å². The van der Waals surface area contributed by atoms with Crippen molar-refractivity contribution in [2.75, 3.05) is 38.3 Å². The molecule has 4 rings (SSSR count). The van der Waals surface area contributed by atoms with Gasteiger partial charge in [0.15, 0.2) is 5.78 Å². The summed E-state index contributed by atoms with van der Waals surface area (Å²) in [5.74, 6) is 0.724. The summed E-state index contributed by atoms with van der Waals surface area (Å²) < 4.78 is 10.9. The molecule has 26 heavy (non-hydrogen) atoms. The van der Waals surface area contributed by atoms with Crippen LogP contribution >= 0.6 is 0 Å². The quantitative estimate of drug-likeness (QED) is 0.677. The third kappa shape index (κ3) is 3.02. The maximum absolute atomic E-state index is 13.2. The summed E-state index contributed by atoms with van der Waals surface area (Å²) in [7, 11) is 1.64. The number of methoxy groups -OCH3 is 1. The van der Waals surface area contributed by atoms with E-state index in [0.29, 0.717) is 24.3 Å². The van der Waals surface area contributed by atoms with Crippen molar-refractivity contribution < 1.29 is 14.3 Å². The monoisotopic (exact) mass is 348 g/mol. The van der Waals surface area contributed by atoms with Gasteiger partial charge < -0.3 is 14.4 Å². The highest BCUT2D eigenvalue weighted by molar-refractivity contribution is 6.16. The predicted molar refractivity (Wildman–Crippen MR) is 101 cm³/mol. The number of benzene rings is 2. The van der Waals surface area contributed by atoms with Crippen LogP contribution < -0.4 is 9.64 Å². The van der Waals surface area contributed by atoms with Gasteiger partial charge in [0.25, 0.3) is 0 Å². The maximum atomic E-state index is 13.2. The Bertz CT molecular complexity index is 935. The number of fused-ring (bicyclic) bond motifs is 1. The van der Waals surface area contributed by atoms with Gasteiger partial charge in [-0.25, -0.2) is 0 Å². The number of pyridine rings is 1. The molecule has 1 aliphatic rings. The molecule has 5 heteroatoms. The smallest absolute Gasteiger partial charge is 0.196 e. The van der Waals surface area contributed by atoms with Crippen LogP contribution in [0.2, 0.25) is 0 Å². The van der Waals surface area contributed by atoms with Gasteiger partial charge in [0.05, 0.1) is 37.1 Å². The van der Waals surface area contributed by atoms with Crippen molar-refractivity contribution in [3.8, 4) is 5.75 Å². The molecule has 1 aliphatic heterocycles. The molecule has 0 saturated carbocycles. The normalized spacial score (nSPS) is 14.4. The van der Waals surface area contributed by atoms with Gasteiger partial charge >= 0.3 is 0 Å². The van der Waals surface area contributed by atoms with Crippen LogP contribution in [0.3, 0.4) is 0 Å². The van der Waals surface area contributed by atoms with E-state index in [1.54, 1.807) is 13.3 Å². The second-order valence-corrected chi connectivity index (χ2v) is 6.20. The van der Waals surface area contributed by atoms with Crippen LogP contribution in [0.15, 0.2) is 54.7 Å². The number of aromatic nitrogens is 1. The van der Waals surface area contributed by atoms with Crippen LogP contribution in [0.25, 0.3) is 10.9 Å². The Hall–Kier alpha value is -2.92. The van der Waals surface area contributed by atoms with Crippen molar-refractivity contribution in [2.24, 2.45) is 0 Å². The molecule has 0 radical (unpaired) electrons. The number of hydrogen-bond donors (Lipinski definition) is 0. The summed E-state index contributed by atoms with van der Waals surface area (Å²) in [6.07, 6.45) is 1.69. The molecule has 2 aromatic carbocycles. The minimum Gasteiger partial charge on any atom is -0.497 e. The van der Waals surface area contributed by atoms with Gasteiger partial charge in [0.2, 0.25) is 0 Å². The maximum Gasteiger partial charge on any atom is 0.196 e. The number of carbonyl (C=O) groups is 1. The highest BCUT2D eigenvalue weighted by Crippen LogP contribution is 2.34. The van der Waals surface area contributed by atoms with E-state index in [9.17, 15) is 4.79 Å². The molecule has 1 saturated heterocycles. The van der Waals surface area contributed by atoms with Crippen molar-refractivity contribution in [3.63, 3.8) is 0 Å². The number of anilines is 1. The van der Waals surface area contributed by atoms with E-state index in [2.05, 4.69) is 9.88 Å². The molecule has 132 valence electrons. The summed E-state index contributed by atoms with van der Waals surface area (Å²) in [5, 5.41) is 0.924. The first kappa shape index (κ1) is 16.5. The number of nitrogens with zero attached hydrogens (tertiary/aromatic N) is 2. The number of carbonyl (C=O) groups excluding carboxylic acids is 1. The first-order valence-corrected chi connectivity index (χ1v) is 8.67. The van der Waals surface area contributed by atoms with Crippen molar-refractivity contribution in [1.82, 2.24) is 4.98 Å². The highest BCUT2D eigenvalue weighted by Gasteiger charge is 2.23. The largest absolute Gasteiger partial charge is 0.497 e. The molecule has 5 nitrogen and oxygen atoms in total. The lowest BCUT2D eigenvalue weighted by Gasteiger charge is -2.31. The van der Waals surface area contributed by atoms with Gasteiger partial charge in [-0.15, -0.1) is 0 Å². The zero-order chi connectivity index (χ0) is 17.9. The fourth-order valence-corrected chi connectivity index (χ4v) is 3.32. The fourth-order valence-electron chi connectivity index (χ4n) is 3.32. The molecule has 0 bridgehead atoms. The Labute approximate surface area is 152 Å². The van der Waals surface area contributed by atoms with E-state index in [1.807, 2.05) is 48.5 Å². The Balaban J connectivity index is 1.92. The van der Waals surface area contributed by atoms with Crippen LogP contribution in [0.1, 0.15) is 15.9 Å². The van der Waals surface area contributed by atoms with Crippen molar-refractivity contribution in [3.05, 3.63) is 65.9 Å². The van der Waals surface area contributed by atoms with Gasteiger partial charge in [0.1, 0.15) is 5.75 Å². The van der Waals surface area contributed by atoms with Crippen molar-refractivity contribution in [1.29, 1.82) is 0 Å². The Kier molecular flexibility index (Phi) is 4.54. The topological polar surface area (TPSA) is 51.7 Å². The van der Waals surface area contributed by atoms with Gasteiger partial charge in [-0.05, 0) is 18.2 Å². The van der Waals surface area contributed by atoms with Gasteiger partial charge in [-0.2, -0.15) is 0 Å². The first-order chi connectivity index (χ1) is 12.8. The third-order valence-electron chi connectivity index (χ3n) is 4.65. The van der Waals surface area contributed by atoms with Crippen molar-refractivity contribution >= 4 is 22.4 Å². The molecule has 1 aromatic heterocycles. The molecule has 0 aliphatic carbocycles. The molecule has 2 heterocycles. The fraction of sp³-hybridized carbons (Fsp3) is 0.238. The van der Waals surface area contributed by atoms with Gasteiger partial charge in [-0.3, -0.25) is 9.78 Å². The minimum absolute atomic E-state index is 0.0238.